The molecule has 1 saturated heterocycles. The summed E-state index contributed by atoms with van der Waals surface area (Å²) >= 11 is 5.84. The van der Waals surface area contributed by atoms with Crippen LogP contribution in [0.5, 0.6) is 0 Å². The van der Waals surface area contributed by atoms with Crippen LogP contribution in [0.3, 0.4) is 0 Å². The van der Waals surface area contributed by atoms with E-state index in [1.54, 1.807) is 6.07 Å². The summed E-state index contributed by atoms with van der Waals surface area (Å²) in [5.74, 6) is 0.220. The molecule has 0 spiro atoms. The van der Waals surface area contributed by atoms with Gasteiger partial charge in [0.05, 0.1) is 5.69 Å². The molecule has 1 heterocycles. The molecule has 0 aromatic heterocycles. The van der Waals surface area contributed by atoms with Crippen molar-refractivity contribution >= 4 is 17.3 Å². The number of nitrogens with zero attached hydrogens (tertiary/aromatic N) is 1. The van der Waals surface area contributed by atoms with Crippen LogP contribution in [-0.2, 0) is 5.88 Å². The Morgan fingerprint density at radius 2 is 2.33 bits per heavy atom. The van der Waals surface area contributed by atoms with Crippen LogP contribution in [0.4, 0.5) is 10.1 Å². The van der Waals surface area contributed by atoms with E-state index >= 15 is 0 Å². The number of hydrogen-bond donors (Lipinski definition) is 0. The number of benzene rings is 1. The SMILES string of the molecule is CC1CCCN1c1c(F)cccc1CCl. The summed E-state index contributed by atoms with van der Waals surface area (Å²) < 4.78 is 13.8. The third-order valence-corrected chi connectivity index (χ3v) is 3.34. The highest BCUT2D eigenvalue weighted by atomic mass is 35.5. The van der Waals surface area contributed by atoms with Gasteiger partial charge in [-0.05, 0) is 31.4 Å². The minimum atomic E-state index is -0.151. The Kier molecular flexibility index (Phi) is 3.15. The van der Waals surface area contributed by atoms with Crippen LogP contribution in [-0.4, -0.2) is 12.6 Å². The van der Waals surface area contributed by atoms with Crippen molar-refractivity contribution in [2.75, 3.05) is 11.4 Å². The van der Waals surface area contributed by atoms with E-state index in [9.17, 15) is 4.39 Å². The zero-order chi connectivity index (χ0) is 10.8. The summed E-state index contributed by atoms with van der Waals surface area (Å²) in [6, 6.07) is 5.55. The molecule has 1 aromatic rings. The fourth-order valence-corrected chi connectivity index (χ4v) is 2.47. The average molecular weight is 228 g/mol. The molecular formula is C12H15ClFN. The fraction of sp³-hybridized carbons (Fsp3) is 0.500. The van der Waals surface area contributed by atoms with E-state index < -0.39 is 0 Å². The molecule has 2 rings (SSSR count). The summed E-state index contributed by atoms with van der Waals surface area (Å²) in [5.41, 5.74) is 1.60. The summed E-state index contributed by atoms with van der Waals surface area (Å²) in [4.78, 5) is 2.13. The first-order valence-corrected chi connectivity index (χ1v) is 5.87. The maximum atomic E-state index is 13.8. The molecule has 1 aliphatic heterocycles. The Labute approximate surface area is 94.8 Å². The van der Waals surface area contributed by atoms with E-state index in [1.165, 1.54) is 6.07 Å². The van der Waals surface area contributed by atoms with Gasteiger partial charge >= 0.3 is 0 Å². The molecule has 1 nitrogen and oxygen atoms in total. The summed E-state index contributed by atoms with van der Waals surface area (Å²) in [6.45, 7) is 3.07. The number of rotatable bonds is 2. The maximum Gasteiger partial charge on any atom is 0.146 e. The Hall–Kier alpha value is -0.760. The Balaban J connectivity index is 2.41. The van der Waals surface area contributed by atoms with Gasteiger partial charge < -0.3 is 4.90 Å². The van der Waals surface area contributed by atoms with E-state index in [-0.39, 0.29) is 5.82 Å². The molecule has 3 heteroatoms. The van der Waals surface area contributed by atoms with Gasteiger partial charge in [0.1, 0.15) is 5.82 Å². The topological polar surface area (TPSA) is 3.24 Å². The molecule has 15 heavy (non-hydrogen) atoms. The standard InChI is InChI=1S/C12H15ClFN/c1-9-4-3-7-15(9)12-10(8-13)5-2-6-11(12)14/h2,5-6,9H,3-4,7-8H2,1H3. The molecule has 1 unspecified atom stereocenters. The quantitative estimate of drug-likeness (QED) is 0.699. The highest BCUT2D eigenvalue weighted by Crippen LogP contribution is 2.31. The Bertz CT molecular complexity index is 353. The van der Waals surface area contributed by atoms with Crippen molar-refractivity contribution in [3.63, 3.8) is 0 Å². The van der Waals surface area contributed by atoms with Crippen LogP contribution < -0.4 is 4.90 Å². The van der Waals surface area contributed by atoms with Crippen molar-refractivity contribution in [2.45, 2.75) is 31.7 Å². The van der Waals surface area contributed by atoms with Crippen molar-refractivity contribution in [1.29, 1.82) is 0 Å². The zero-order valence-corrected chi connectivity index (χ0v) is 9.60. The normalized spacial score (nSPS) is 21.0. The lowest BCUT2D eigenvalue weighted by molar-refractivity contribution is 0.611. The van der Waals surface area contributed by atoms with Gasteiger partial charge in [-0.25, -0.2) is 4.39 Å². The lowest BCUT2D eigenvalue weighted by Crippen LogP contribution is -2.28. The molecule has 1 fully saturated rings. The molecule has 1 atom stereocenters. The van der Waals surface area contributed by atoms with E-state index in [0.717, 1.165) is 24.9 Å². The molecule has 1 aromatic carbocycles. The molecule has 0 radical (unpaired) electrons. The highest BCUT2D eigenvalue weighted by Gasteiger charge is 2.24. The van der Waals surface area contributed by atoms with Crippen molar-refractivity contribution in [1.82, 2.24) is 0 Å². The van der Waals surface area contributed by atoms with Gasteiger partial charge in [-0.1, -0.05) is 12.1 Å². The first kappa shape index (κ1) is 10.7. The number of para-hydroxylation sites is 1. The summed E-state index contributed by atoms with van der Waals surface area (Å²) in [6.07, 6.45) is 2.27. The third kappa shape index (κ3) is 1.96. The van der Waals surface area contributed by atoms with Gasteiger partial charge in [-0.15, -0.1) is 11.6 Å². The van der Waals surface area contributed by atoms with Crippen LogP contribution in [0, 0.1) is 5.82 Å². The van der Waals surface area contributed by atoms with Crippen LogP contribution in [0.1, 0.15) is 25.3 Å². The monoisotopic (exact) mass is 227 g/mol. The molecule has 0 saturated carbocycles. The number of anilines is 1. The van der Waals surface area contributed by atoms with Gasteiger partial charge in [-0.3, -0.25) is 0 Å². The second kappa shape index (κ2) is 4.40. The van der Waals surface area contributed by atoms with Crippen LogP contribution >= 0.6 is 11.6 Å². The Morgan fingerprint density at radius 3 is 2.93 bits per heavy atom. The first-order valence-electron chi connectivity index (χ1n) is 5.34. The number of hydrogen-bond acceptors (Lipinski definition) is 1. The summed E-state index contributed by atoms with van der Waals surface area (Å²) in [5, 5.41) is 0. The molecule has 0 N–H and O–H groups in total. The predicted octanol–water partition coefficient (Wildman–Crippen LogP) is 3.55. The van der Waals surface area contributed by atoms with Crippen molar-refractivity contribution < 1.29 is 4.39 Å². The van der Waals surface area contributed by atoms with E-state index in [0.29, 0.717) is 17.6 Å². The molecule has 1 aliphatic rings. The molecule has 82 valence electrons. The summed E-state index contributed by atoms with van der Waals surface area (Å²) in [7, 11) is 0. The first-order chi connectivity index (χ1) is 7.24. The predicted molar refractivity (Wildman–Crippen MR) is 62.0 cm³/mol. The van der Waals surface area contributed by atoms with Gasteiger partial charge in [0, 0.05) is 18.5 Å². The van der Waals surface area contributed by atoms with E-state index in [1.807, 2.05) is 6.07 Å². The van der Waals surface area contributed by atoms with Crippen molar-refractivity contribution in [3.8, 4) is 0 Å². The highest BCUT2D eigenvalue weighted by molar-refractivity contribution is 6.17. The van der Waals surface area contributed by atoms with Gasteiger partial charge in [0.25, 0.3) is 0 Å². The van der Waals surface area contributed by atoms with Gasteiger partial charge in [0.2, 0.25) is 0 Å². The maximum absolute atomic E-state index is 13.8. The smallest absolute Gasteiger partial charge is 0.146 e. The Morgan fingerprint density at radius 1 is 1.53 bits per heavy atom. The zero-order valence-electron chi connectivity index (χ0n) is 8.84. The lowest BCUT2D eigenvalue weighted by Gasteiger charge is -2.26. The third-order valence-electron chi connectivity index (χ3n) is 3.05. The average Bonchev–Trinajstić information content (AvgIpc) is 2.64. The number of halogens is 2. The molecular weight excluding hydrogens is 213 g/mol. The second-order valence-corrected chi connectivity index (χ2v) is 4.33. The van der Waals surface area contributed by atoms with Gasteiger partial charge in [-0.2, -0.15) is 0 Å². The molecule has 0 amide bonds. The van der Waals surface area contributed by atoms with Crippen LogP contribution in [0.25, 0.3) is 0 Å². The largest absolute Gasteiger partial charge is 0.366 e. The number of alkyl halides is 1. The van der Waals surface area contributed by atoms with E-state index in [2.05, 4.69) is 11.8 Å². The molecule has 0 aliphatic carbocycles. The van der Waals surface area contributed by atoms with E-state index in [4.69, 9.17) is 11.6 Å². The van der Waals surface area contributed by atoms with Crippen LogP contribution in [0.15, 0.2) is 18.2 Å². The minimum Gasteiger partial charge on any atom is -0.366 e. The second-order valence-electron chi connectivity index (χ2n) is 4.07. The van der Waals surface area contributed by atoms with Gasteiger partial charge in [0.15, 0.2) is 0 Å². The molecule has 0 bridgehead atoms. The fourth-order valence-electron chi connectivity index (χ4n) is 2.25. The minimum absolute atomic E-state index is 0.151. The van der Waals surface area contributed by atoms with Crippen LogP contribution in [0.2, 0.25) is 0 Å². The van der Waals surface area contributed by atoms with Crippen molar-refractivity contribution in [3.05, 3.63) is 29.6 Å². The van der Waals surface area contributed by atoms with Crippen molar-refractivity contribution in [2.24, 2.45) is 0 Å². The lowest BCUT2D eigenvalue weighted by atomic mass is 10.1.